The zero-order valence-corrected chi connectivity index (χ0v) is 24.5. The first-order chi connectivity index (χ1) is 20.1. The predicted molar refractivity (Wildman–Crippen MR) is 158 cm³/mol. The summed E-state index contributed by atoms with van der Waals surface area (Å²) in [6.45, 7) is 5.90. The molecule has 1 unspecified atom stereocenters. The number of aromatic nitrogens is 3. The molecule has 0 spiro atoms. The fourth-order valence-electron chi connectivity index (χ4n) is 4.84. The van der Waals surface area contributed by atoms with Gasteiger partial charge in [0, 0.05) is 41.5 Å². The van der Waals surface area contributed by atoms with Crippen molar-refractivity contribution < 1.29 is 23.1 Å². The van der Waals surface area contributed by atoms with Crippen LogP contribution >= 0.6 is 11.8 Å². The van der Waals surface area contributed by atoms with Crippen molar-refractivity contribution in [1.29, 1.82) is 0 Å². The Morgan fingerprint density at radius 3 is 2.55 bits per heavy atom. The SMILES string of the molecule is COc1ccc(-n2nc(C(C)(C)C)c3c2N(CC(=O)NCc2cccnc2)C(=O)CSC3c2ccc(F)cc2F)cc1. The Hall–Kier alpha value is -4.25. The van der Waals surface area contributed by atoms with Crippen molar-refractivity contribution in [1.82, 2.24) is 20.1 Å². The molecule has 11 heteroatoms. The van der Waals surface area contributed by atoms with Crippen LogP contribution in [0.1, 0.15) is 48.4 Å². The number of nitrogens with one attached hydrogen (secondary N) is 1. The first-order valence-electron chi connectivity index (χ1n) is 13.4. The van der Waals surface area contributed by atoms with Crippen LogP contribution in [0.5, 0.6) is 5.75 Å². The van der Waals surface area contributed by atoms with Crippen molar-refractivity contribution in [2.45, 2.75) is 38.0 Å². The summed E-state index contributed by atoms with van der Waals surface area (Å²) in [4.78, 5) is 32.5. The van der Waals surface area contributed by atoms with Crippen molar-refractivity contribution in [2.75, 3.05) is 24.3 Å². The van der Waals surface area contributed by atoms with Gasteiger partial charge in [0.1, 0.15) is 29.7 Å². The second-order valence-corrected chi connectivity index (χ2v) is 12.0. The van der Waals surface area contributed by atoms with E-state index in [2.05, 4.69) is 10.3 Å². The normalized spacial score (nSPS) is 15.2. The highest BCUT2D eigenvalue weighted by molar-refractivity contribution is 8.00. The summed E-state index contributed by atoms with van der Waals surface area (Å²) >= 11 is 1.23. The number of rotatable bonds is 7. The lowest BCUT2D eigenvalue weighted by molar-refractivity contribution is -0.123. The van der Waals surface area contributed by atoms with Crippen LogP contribution in [0.15, 0.2) is 67.0 Å². The van der Waals surface area contributed by atoms with Gasteiger partial charge in [-0.3, -0.25) is 19.5 Å². The topological polar surface area (TPSA) is 89.3 Å². The minimum atomic E-state index is -0.717. The molecule has 1 atom stereocenters. The van der Waals surface area contributed by atoms with E-state index >= 15 is 4.39 Å². The lowest BCUT2D eigenvalue weighted by atomic mass is 9.87. The second kappa shape index (κ2) is 11.9. The van der Waals surface area contributed by atoms with Gasteiger partial charge in [-0.1, -0.05) is 32.9 Å². The predicted octanol–water partition coefficient (Wildman–Crippen LogP) is 5.34. The molecule has 0 saturated heterocycles. The molecule has 0 bridgehead atoms. The van der Waals surface area contributed by atoms with Crippen LogP contribution in [0.3, 0.4) is 0 Å². The van der Waals surface area contributed by atoms with Gasteiger partial charge in [-0.2, -0.15) is 5.10 Å². The monoisotopic (exact) mass is 591 g/mol. The Labute approximate surface area is 247 Å². The summed E-state index contributed by atoms with van der Waals surface area (Å²) in [5.41, 5.74) is 2.37. The fourth-order valence-corrected chi connectivity index (χ4v) is 6.06. The van der Waals surface area contributed by atoms with E-state index in [1.54, 1.807) is 54.5 Å². The van der Waals surface area contributed by atoms with E-state index in [0.717, 1.165) is 11.6 Å². The molecule has 1 aliphatic rings. The first kappa shape index (κ1) is 29.2. The average Bonchev–Trinajstić information content (AvgIpc) is 3.31. The van der Waals surface area contributed by atoms with Crippen LogP contribution in [-0.2, 0) is 21.5 Å². The molecular formula is C31H31F2N5O3S. The summed E-state index contributed by atoms with van der Waals surface area (Å²) in [7, 11) is 1.57. The molecular weight excluding hydrogens is 560 g/mol. The molecule has 2 aromatic carbocycles. The number of pyridine rings is 1. The number of nitrogens with zero attached hydrogens (tertiary/aromatic N) is 4. The number of halogens is 2. The molecule has 5 rings (SSSR count). The number of ether oxygens (including phenoxy) is 1. The van der Waals surface area contributed by atoms with Crippen molar-refractivity contribution in [3.63, 3.8) is 0 Å². The zero-order valence-electron chi connectivity index (χ0n) is 23.7. The molecule has 42 heavy (non-hydrogen) atoms. The molecule has 0 fully saturated rings. The van der Waals surface area contributed by atoms with Crippen LogP contribution in [-0.4, -0.2) is 46.0 Å². The highest BCUT2D eigenvalue weighted by Crippen LogP contribution is 2.49. The number of methoxy groups -OCH3 is 1. The number of thioether (sulfide) groups is 1. The van der Waals surface area contributed by atoms with E-state index in [1.807, 2.05) is 26.8 Å². The molecule has 1 N–H and O–H groups in total. The number of benzene rings is 2. The summed E-state index contributed by atoms with van der Waals surface area (Å²) in [6.07, 6.45) is 3.30. The maximum atomic E-state index is 15.3. The number of anilines is 1. The Morgan fingerprint density at radius 1 is 1.14 bits per heavy atom. The van der Waals surface area contributed by atoms with Crippen molar-refractivity contribution in [3.8, 4) is 11.4 Å². The van der Waals surface area contributed by atoms with E-state index < -0.39 is 22.3 Å². The molecule has 2 aromatic heterocycles. The maximum absolute atomic E-state index is 15.3. The Balaban J connectivity index is 1.67. The van der Waals surface area contributed by atoms with Gasteiger partial charge < -0.3 is 10.1 Å². The van der Waals surface area contributed by atoms with E-state index in [1.165, 1.54) is 28.8 Å². The third-order valence-corrected chi connectivity index (χ3v) is 8.11. The molecule has 218 valence electrons. The molecule has 0 aliphatic carbocycles. The molecule has 0 saturated carbocycles. The molecule has 1 aliphatic heterocycles. The molecule has 8 nitrogen and oxygen atoms in total. The summed E-state index contributed by atoms with van der Waals surface area (Å²) in [5.74, 6) is -1.15. The number of hydrogen-bond donors (Lipinski definition) is 1. The van der Waals surface area contributed by atoms with Crippen LogP contribution < -0.4 is 15.0 Å². The molecule has 3 heterocycles. The van der Waals surface area contributed by atoms with Crippen molar-refractivity contribution in [3.05, 3.63) is 101 Å². The number of hydrogen-bond acceptors (Lipinski definition) is 6. The molecule has 2 amide bonds. The Kier molecular flexibility index (Phi) is 8.31. The van der Waals surface area contributed by atoms with Gasteiger partial charge in [0.05, 0.1) is 29.5 Å². The van der Waals surface area contributed by atoms with Gasteiger partial charge in [0.25, 0.3) is 0 Å². The van der Waals surface area contributed by atoms with E-state index in [9.17, 15) is 14.0 Å². The van der Waals surface area contributed by atoms with Gasteiger partial charge in [0.2, 0.25) is 11.8 Å². The smallest absolute Gasteiger partial charge is 0.240 e. The number of carbonyl (C=O) groups is 2. The summed E-state index contributed by atoms with van der Waals surface area (Å²) in [6, 6.07) is 14.2. The van der Waals surface area contributed by atoms with Crippen molar-refractivity contribution in [2.24, 2.45) is 0 Å². The minimum absolute atomic E-state index is 0.0295. The molecule has 4 aromatic rings. The number of carbonyl (C=O) groups excluding carboxylic acids is 2. The van der Waals surface area contributed by atoms with Gasteiger partial charge in [0.15, 0.2) is 0 Å². The Morgan fingerprint density at radius 2 is 1.90 bits per heavy atom. The minimum Gasteiger partial charge on any atom is -0.497 e. The highest BCUT2D eigenvalue weighted by atomic mass is 32.2. The fraction of sp³-hybridized carbons (Fsp3) is 0.290. The maximum Gasteiger partial charge on any atom is 0.240 e. The van der Waals surface area contributed by atoms with Gasteiger partial charge in [-0.25, -0.2) is 13.5 Å². The highest BCUT2D eigenvalue weighted by Gasteiger charge is 2.40. The van der Waals surface area contributed by atoms with E-state index in [0.29, 0.717) is 28.5 Å². The Bertz CT molecular complexity index is 1600. The van der Waals surface area contributed by atoms with Crippen LogP contribution in [0.2, 0.25) is 0 Å². The number of amides is 2. The third-order valence-electron chi connectivity index (χ3n) is 6.88. The zero-order chi connectivity index (χ0) is 30.0. The lowest BCUT2D eigenvalue weighted by Crippen LogP contribution is -2.42. The van der Waals surface area contributed by atoms with Gasteiger partial charge in [-0.05, 0) is 42.0 Å². The quantitative estimate of drug-likeness (QED) is 0.312. The second-order valence-electron chi connectivity index (χ2n) is 10.9. The number of fused-ring (bicyclic) bond motifs is 1. The average molecular weight is 592 g/mol. The summed E-state index contributed by atoms with van der Waals surface area (Å²) in [5, 5.41) is 7.15. The van der Waals surface area contributed by atoms with Crippen LogP contribution in [0, 0.1) is 11.6 Å². The van der Waals surface area contributed by atoms with E-state index in [4.69, 9.17) is 9.84 Å². The third kappa shape index (κ3) is 6.01. The first-order valence-corrected chi connectivity index (χ1v) is 14.4. The largest absolute Gasteiger partial charge is 0.497 e. The lowest BCUT2D eigenvalue weighted by Gasteiger charge is -2.24. The van der Waals surface area contributed by atoms with Crippen LogP contribution in [0.25, 0.3) is 5.69 Å². The van der Waals surface area contributed by atoms with Gasteiger partial charge in [-0.15, -0.1) is 11.8 Å². The van der Waals surface area contributed by atoms with Crippen LogP contribution in [0.4, 0.5) is 14.6 Å². The standard InChI is InChI=1S/C31H31F2N5O3S/c1-31(2,3)29-27-28(23-12-7-20(32)14-24(23)33)42-18-26(40)37(17-25(39)35-16-19-6-5-13-34-15-19)30(27)38(36-29)21-8-10-22(41-4)11-9-21/h5-15,28H,16-18H2,1-4H3,(H,35,39). The summed E-state index contributed by atoms with van der Waals surface area (Å²) < 4.78 is 36.2. The van der Waals surface area contributed by atoms with E-state index in [-0.39, 0.29) is 36.2 Å². The molecule has 0 radical (unpaired) electrons. The van der Waals surface area contributed by atoms with Gasteiger partial charge >= 0.3 is 0 Å². The van der Waals surface area contributed by atoms with Crippen molar-refractivity contribution >= 4 is 29.4 Å².